The van der Waals surface area contributed by atoms with E-state index in [0.29, 0.717) is 0 Å². The molecule has 0 aliphatic rings. The lowest BCUT2D eigenvalue weighted by molar-refractivity contribution is 0.931. The zero-order valence-electron chi connectivity index (χ0n) is 9.65. The van der Waals surface area contributed by atoms with Gasteiger partial charge in [0.1, 0.15) is 5.65 Å². The topological polar surface area (TPSA) is 34.4 Å². The number of hydrogen-bond acceptors (Lipinski definition) is 2. The molecule has 0 saturated carbocycles. The van der Waals surface area contributed by atoms with Crippen LogP contribution in [0.25, 0.3) is 5.65 Å². The second kappa shape index (κ2) is 4.66. The van der Waals surface area contributed by atoms with Gasteiger partial charge in [0.05, 0.1) is 0 Å². The van der Waals surface area contributed by atoms with Crippen LogP contribution in [0.2, 0.25) is 0 Å². The molecule has 0 atom stereocenters. The highest BCUT2D eigenvalue weighted by Crippen LogP contribution is 2.05. The summed E-state index contributed by atoms with van der Waals surface area (Å²) in [5, 5.41) is 0. The molecule has 4 heteroatoms. The van der Waals surface area contributed by atoms with Crippen molar-refractivity contribution in [1.82, 2.24) is 9.38 Å². The van der Waals surface area contributed by atoms with Gasteiger partial charge in [0.2, 0.25) is 0 Å². The summed E-state index contributed by atoms with van der Waals surface area (Å²) >= 11 is 0. The van der Waals surface area contributed by atoms with E-state index in [-0.39, 0.29) is 18.0 Å². The smallest absolute Gasteiger partial charge is 0.261 e. The highest BCUT2D eigenvalue weighted by Gasteiger charge is 2.06. The molecule has 0 aromatic carbocycles. The molecule has 2 heterocycles. The van der Waals surface area contributed by atoms with E-state index in [0.717, 1.165) is 28.9 Å². The fourth-order valence-electron chi connectivity index (χ4n) is 1.80. The second-order valence-corrected chi connectivity index (χ2v) is 3.77. The van der Waals surface area contributed by atoms with Crippen LogP contribution in [-0.2, 0) is 6.42 Å². The molecular formula is C12H15ClN2O. The van der Waals surface area contributed by atoms with Gasteiger partial charge in [0.15, 0.2) is 0 Å². The van der Waals surface area contributed by atoms with Gasteiger partial charge in [0, 0.05) is 17.5 Å². The van der Waals surface area contributed by atoms with E-state index in [1.54, 1.807) is 4.40 Å². The van der Waals surface area contributed by atoms with Crippen molar-refractivity contribution in [3.8, 4) is 0 Å². The zero-order valence-corrected chi connectivity index (χ0v) is 10.5. The van der Waals surface area contributed by atoms with Crippen molar-refractivity contribution in [1.29, 1.82) is 0 Å². The molecule has 0 radical (unpaired) electrons. The summed E-state index contributed by atoms with van der Waals surface area (Å²) in [5.41, 5.74) is 3.49. The predicted octanol–water partition coefficient (Wildman–Crippen LogP) is 2.30. The van der Waals surface area contributed by atoms with Gasteiger partial charge in [-0.1, -0.05) is 13.0 Å². The molecule has 0 aliphatic heterocycles. The molecule has 2 rings (SSSR count). The van der Waals surface area contributed by atoms with Crippen molar-refractivity contribution in [2.45, 2.75) is 27.2 Å². The number of pyridine rings is 1. The number of fused-ring (bicyclic) bond motifs is 1. The van der Waals surface area contributed by atoms with Crippen LogP contribution in [-0.4, -0.2) is 9.38 Å². The molecule has 2 aromatic rings. The third kappa shape index (κ3) is 1.95. The van der Waals surface area contributed by atoms with Gasteiger partial charge in [-0.2, -0.15) is 0 Å². The Morgan fingerprint density at radius 3 is 2.62 bits per heavy atom. The summed E-state index contributed by atoms with van der Waals surface area (Å²) < 4.78 is 1.63. The molecule has 0 spiro atoms. The maximum atomic E-state index is 12.1. The van der Waals surface area contributed by atoms with Crippen LogP contribution in [0.4, 0.5) is 0 Å². The Balaban J connectivity index is 0.00000128. The first-order chi connectivity index (χ1) is 7.13. The Kier molecular flexibility index (Phi) is 3.70. The lowest BCUT2D eigenvalue weighted by Gasteiger charge is -2.06. The molecule has 0 amide bonds. The van der Waals surface area contributed by atoms with Crippen molar-refractivity contribution >= 4 is 18.1 Å². The molecular weight excluding hydrogens is 224 g/mol. The average molecular weight is 239 g/mol. The largest absolute Gasteiger partial charge is 0.269 e. The number of hydrogen-bond donors (Lipinski definition) is 0. The quantitative estimate of drug-likeness (QED) is 0.764. The summed E-state index contributed by atoms with van der Waals surface area (Å²) in [6.45, 7) is 5.84. The normalized spacial score (nSPS) is 10.2. The third-order valence-corrected chi connectivity index (χ3v) is 2.62. The lowest BCUT2D eigenvalue weighted by atomic mass is 10.2. The molecule has 86 valence electrons. The van der Waals surface area contributed by atoms with Crippen LogP contribution in [0.15, 0.2) is 23.1 Å². The minimum absolute atomic E-state index is 0. The van der Waals surface area contributed by atoms with Crippen molar-refractivity contribution in [3.63, 3.8) is 0 Å². The average Bonchev–Trinajstić information content (AvgIpc) is 2.20. The minimum Gasteiger partial charge on any atom is -0.269 e. The van der Waals surface area contributed by atoms with E-state index in [2.05, 4.69) is 4.98 Å². The molecule has 16 heavy (non-hydrogen) atoms. The van der Waals surface area contributed by atoms with Gasteiger partial charge in [-0.15, -0.1) is 12.4 Å². The maximum Gasteiger partial charge on any atom is 0.261 e. The van der Waals surface area contributed by atoms with Crippen LogP contribution < -0.4 is 5.56 Å². The monoisotopic (exact) mass is 238 g/mol. The lowest BCUT2D eigenvalue weighted by Crippen LogP contribution is -2.21. The third-order valence-electron chi connectivity index (χ3n) is 2.62. The molecule has 0 bridgehead atoms. The Morgan fingerprint density at radius 2 is 2.00 bits per heavy atom. The molecule has 0 saturated heterocycles. The fraction of sp³-hybridized carbons (Fsp3) is 0.333. The first-order valence-corrected chi connectivity index (χ1v) is 5.12. The van der Waals surface area contributed by atoms with E-state index in [9.17, 15) is 4.79 Å². The summed E-state index contributed by atoms with van der Waals surface area (Å²) in [5.74, 6) is 0. The molecule has 0 unspecified atom stereocenters. The van der Waals surface area contributed by atoms with Crippen molar-refractivity contribution < 1.29 is 0 Å². The first kappa shape index (κ1) is 12.7. The van der Waals surface area contributed by atoms with E-state index < -0.39 is 0 Å². The number of aryl methyl sites for hydroxylation is 2. The highest BCUT2D eigenvalue weighted by molar-refractivity contribution is 5.85. The number of rotatable bonds is 1. The molecule has 2 aromatic heterocycles. The number of nitrogens with zero attached hydrogens (tertiary/aromatic N) is 2. The molecule has 0 aliphatic carbocycles. The maximum absolute atomic E-state index is 12.1. The Hall–Kier alpha value is -1.35. The van der Waals surface area contributed by atoms with Gasteiger partial charge >= 0.3 is 0 Å². The van der Waals surface area contributed by atoms with Gasteiger partial charge in [-0.05, 0) is 31.9 Å². The fourth-order valence-corrected chi connectivity index (χ4v) is 1.80. The van der Waals surface area contributed by atoms with Crippen LogP contribution in [0.1, 0.15) is 23.7 Å². The summed E-state index contributed by atoms with van der Waals surface area (Å²) in [4.78, 5) is 16.5. The first-order valence-electron chi connectivity index (χ1n) is 5.12. The Bertz CT molecular complexity index is 575. The van der Waals surface area contributed by atoms with Gasteiger partial charge in [-0.3, -0.25) is 9.20 Å². The Labute approximate surface area is 101 Å². The predicted molar refractivity (Wildman–Crippen MR) is 67.6 cm³/mol. The SMILES string of the molecule is CCc1c(C)nc2ccc(C)cn2c1=O.Cl. The summed E-state index contributed by atoms with van der Waals surface area (Å²) in [6.07, 6.45) is 2.57. The highest BCUT2D eigenvalue weighted by atomic mass is 35.5. The number of halogens is 1. The van der Waals surface area contributed by atoms with E-state index in [1.165, 1.54) is 0 Å². The van der Waals surface area contributed by atoms with Crippen LogP contribution in [0.5, 0.6) is 0 Å². The minimum atomic E-state index is 0. The molecule has 3 nitrogen and oxygen atoms in total. The summed E-state index contributed by atoms with van der Waals surface area (Å²) in [7, 11) is 0. The van der Waals surface area contributed by atoms with Gasteiger partial charge in [0.25, 0.3) is 5.56 Å². The zero-order chi connectivity index (χ0) is 11.0. The molecule has 0 fully saturated rings. The van der Waals surface area contributed by atoms with E-state index in [4.69, 9.17) is 0 Å². The van der Waals surface area contributed by atoms with Gasteiger partial charge in [-0.25, -0.2) is 4.98 Å². The van der Waals surface area contributed by atoms with Crippen LogP contribution in [0, 0.1) is 13.8 Å². The standard InChI is InChI=1S/C12H14N2O.ClH/c1-4-10-9(3)13-11-6-5-8(2)7-14(11)12(10)15;/h5-7H,4H2,1-3H3;1H. The van der Waals surface area contributed by atoms with Crippen molar-refractivity contribution in [3.05, 3.63) is 45.5 Å². The van der Waals surface area contributed by atoms with E-state index in [1.807, 2.05) is 39.1 Å². The van der Waals surface area contributed by atoms with Crippen molar-refractivity contribution in [2.24, 2.45) is 0 Å². The van der Waals surface area contributed by atoms with Crippen molar-refractivity contribution in [2.75, 3.05) is 0 Å². The molecule has 0 N–H and O–H groups in total. The van der Waals surface area contributed by atoms with Crippen LogP contribution in [0.3, 0.4) is 0 Å². The number of aromatic nitrogens is 2. The second-order valence-electron chi connectivity index (χ2n) is 3.77. The van der Waals surface area contributed by atoms with Crippen LogP contribution >= 0.6 is 12.4 Å². The Morgan fingerprint density at radius 1 is 1.31 bits per heavy atom. The summed E-state index contributed by atoms with van der Waals surface area (Å²) in [6, 6.07) is 3.84. The van der Waals surface area contributed by atoms with Gasteiger partial charge < -0.3 is 0 Å². The van der Waals surface area contributed by atoms with E-state index >= 15 is 0 Å².